The highest BCUT2D eigenvalue weighted by atomic mass is 19.1. The van der Waals surface area contributed by atoms with Crippen LogP contribution in [0, 0.1) is 17.1 Å². The molecular formula is C28H20FN5O4. The van der Waals surface area contributed by atoms with Crippen LogP contribution in [0.25, 0.3) is 11.3 Å². The van der Waals surface area contributed by atoms with Gasteiger partial charge in [-0.2, -0.15) is 5.26 Å². The molecule has 2 heterocycles. The molecule has 0 spiro atoms. The number of nitrogens with zero attached hydrogens (tertiary/aromatic N) is 4. The number of carbonyl (C=O) groups is 1. The summed E-state index contributed by atoms with van der Waals surface area (Å²) in [6.45, 7) is 0.167. The molecule has 0 radical (unpaired) electrons. The van der Waals surface area contributed by atoms with Crippen molar-refractivity contribution in [2.75, 3.05) is 19.5 Å². The van der Waals surface area contributed by atoms with Crippen molar-refractivity contribution in [2.45, 2.75) is 6.54 Å². The van der Waals surface area contributed by atoms with Gasteiger partial charge in [-0.25, -0.2) is 19.2 Å². The van der Waals surface area contributed by atoms with Gasteiger partial charge in [-0.3, -0.25) is 4.99 Å². The van der Waals surface area contributed by atoms with Crippen LogP contribution < -0.4 is 14.8 Å². The minimum absolute atomic E-state index is 0.0244. The summed E-state index contributed by atoms with van der Waals surface area (Å²) in [5, 5.41) is 22.0. The van der Waals surface area contributed by atoms with Gasteiger partial charge in [-0.15, -0.1) is 0 Å². The first-order chi connectivity index (χ1) is 18.4. The minimum Gasteiger partial charge on any atom is -0.496 e. The Kier molecular flexibility index (Phi) is 6.41. The standard InChI is InChI=1S/C28H20FN5O4/c1-37-22-5-3-4-21(29)24(22)26-20-10-15(12-30)6-8-18(20)25-16(13-31-26)14-32-28(34-25)33-17-7-9-19(27(35)36)23(11-17)38-2/h3-11,14H,13H2,1-2H3,(H,35,36)(H,32,33,34). The normalized spacial score (nSPS) is 11.8. The van der Waals surface area contributed by atoms with Crippen LogP contribution in [0.15, 0.2) is 65.8 Å². The Labute approximate surface area is 216 Å². The van der Waals surface area contributed by atoms with Gasteiger partial charge in [-0.1, -0.05) is 12.1 Å². The summed E-state index contributed by atoms with van der Waals surface area (Å²) < 4.78 is 25.7. The van der Waals surface area contributed by atoms with Crippen molar-refractivity contribution >= 4 is 23.3 Å². The zero-order valence-corrected chi connectivity index (χ0v) is 20.3. The molecule has 0 unspecified atom stereocenters. The molecule has 1 aliphatic rings. The second-order valence-electron chi connectivity index (χ2n) is 8.27. The lowest BCUT2D eigenvalue weighted by Gasteiger charge is -2.15. The number of nitrogens with one attached hydrogen (secondary N) is 1. The molecule has 3 aromatic carbocycles. The first-order valence-corrected chi connectivity index (χ1v) is 11.4. The number of nitriles is 1. The molecule has 0 saturated carbocycles. The number of aliphatic imine (C=N–C) groups is 1. The van der Waals surface area contributed by atoms with Gasteiger partial charge in [-0.05, 0) is 36.4 Å². The van der Waals surface area contributed by atoms with E-state index in [-0.39, 0.29) is 29.4 Å². The molecule has 0 atom stereocenters. The number of carboxylic acid groups (broad SMARTS) is 1. The van der Waals surface area contributed by atoms with Gasteiger partial charge in [0.15, 0.2) is 0 Å². The van der Waals surface area contributed by atoms with Gasteiger partial charge in [0.25, 0.3) is 0 Å². The maximum atomic E-state index is 15.1. The lowest BCUT2D eigenvalue weighted by atomic mass is 9.93. The van der Waals surface area contributed by atoms with E-state index in [0.717, 1.165) is 0 Å². The number of hydrogen-bond acceptors (Lipinski definition) is 8. The Morgan fingerprint density at radius 2 is 1.89 bits per heavy atom. The van der Waals surface area contributed by atoms with Crippen molar-refractivity contribution in [3.63, 3.8) is 0 Å². The zero-order valence-electron chi connectivity index (χ0n) is 20.3. The van der Waals surface area contributed by atoms with E-state index in [4.69, 9.17) is 19.5 Å². The molecule has 0 bridgehead atoms. The summed E-state index contributed by atoms with van der Waals surface area (Å²) in [5.41, 5.74) is 3.90. The fourth-order valence-electron chi connectivity index (χ4n) is 4.27. The molecule has 5 rings (SSSR count). The van der Waals surface area contributed by atoms with Crippen molar-refractivity contribution in [3.05, 3.63) is 94.4 Å². The monoisotopic (exact) mass is 509 g/mol. The Morgan fingerprint density at radius 3 is 2.63 bits per heavy atom. The van der Waals surface area contributed by atoms with E-state index >= 15 is 4.39 Å². The largest absolute Gasteiger partial charge is 0.496 e. The predicted octanol–water partition coefficient (Wildman–Crippen LogP) is 4.96. The van der Waals surface area contributed by atoms with Crippen molar-refractivity contribution < 1.29 is 23.8 Å². The van der Waals surface area contributed by atoms with E-state index in [9.17, 15) is 15.2 Å². The topological polar surface area (TPSA) is 130 Å². The fourth-order valence-corrected chi connectivity index (χ4v) is 4.27. The highest BCUT2D eigenvalue weighted by Crippen LogP contribution is 2.35. The van der Waals surface area contributed by atoms with Crippen LogP contribution in [0.5, 0.6) is 11.5 Å². The molecule has 0 fully saturated rings. The van der Waals surface area contributed by atoms with Crippen LogP contribution in [-0.4, -0.2) is 41.0 Å². The van der Waals surface area contributed by atoms with Crippen LogP contribution in [0.3, 0.4) is 0 Å². The number of ether oxygens (including phenoxy) is 2. The number of fused-ring (bicyclic) bond motifs is 3. The van der Waals surface area contributed by atoms with Crippen LogP contribution in [-0.2, 0) is 6.54 Å². The SMILES string of the molecule is COc1cc(Nc2ncc3c(n2)-c2ccc(C#N)cc2C(c2c(F)cccc2OC)=NC3)ccc1C(=O)O. The lowest BCUT2D eigenvalue weighted by molar-refractivity contribution is 0.0693. The van der Waals surface area contributed by atoms with Crippen molar-refractivity contribution in [1.82, 2.24) is 9.97 Å². The third kappa shape index (κ3) is 4.37. The number of rotatable bonds is 6. The van der Waals surface area contributed by atoms with E-state index in [0.29, 0.717) is 45.1 Å². The van der Waals surface area contributed by atoms with Gasteiger partial charge in [0.05, 0.1) is 49.4 Å². The lowest BCUT2D eigenvalue weighted by Crippen LogP contribution is -2.10. The molecular weight excluding hydrogens is 489 g/mol. The highest BCUT2D eigenvalue weighted by Gasteiger charge is 2.25. The van der Waals surface area contributed by atoms with E-state index < -0.39 is 11.8 Å². The van der Waals surface area contributed by atoms with Crippen molar-refractivity contribution in [2.24, 2.45) is 4.99 Å². The van der Waals surface area contributed by atoms with Crippen LogP contribution >= 0.6 is 0 Å². The predicted molar refractivity (Wildman–Crippen MR) is 138 cm³/mol. The van der Waals surface area contributed by atoms with E-state index in [1.165, 1.54) is 32.4 Å². The summed E-state index contributed by atoms with van der Waals surface area (Å²) in [5.74, 6) is -0.866. The average molecular weight is 509 g/mol. The third-order valence-electron chi connectivity index (χ3n) is 6.05. The minimum atomic E-state index is -1.11. The first-order valence-electron chi connectivity index (χ1n) is 11.4. The molecule has 0 amide bonds. The highest BCUT2D eigenvalue weighted by molar-refractivity contribution is 6.18. The van der Waals surface area contributed by atoms with Crippen LogP contribution in [0.1, 0.15) is 32.6 Å². The van der Waals surface area contributed by atoms with E-state index in [2.05, 4.69) is 16.4 Å². The summed E-state index contributed by atoms with van der Waals surface area (Å²) >= 11 is 0. The molecule has 1 aliphatic heterocycles. The molecule has 9 nitrogen and oxygen atoms in total. The second kappa shape index (κ2) is 9.99. The number of methoxy groups -OCH3 is 2. The van der Waals surface area contributed by atoms with Gasteiger partial charge < -0.3 is 19.9 Å². The number of carboxylic acids is 1. The molecule has 2 N–H and O–H groups in total. The molecule has 0 saturated heterocycles. The second-order valence-corrected chi connectivity index (χ2v) is 8.27. The van der Waals surface area contributed by atoms with Crippen molar-refractivity contribution in [3.8, 4) is 28.8 Å². The van der Waals surface area contributed by atoms with Gasteiger partial charge in [0.2, 0.25) is 5.95 Å². The Morgan fingerprint density at radius 1 is 1.08 bits per heavy atom. The molecule has 10 heteroatoms. The third-order valence-corrected chi connectivity index (χ3v) is 6.05. The van der Waals surface area contributed by atoms with Crippen molar-refractivity contribution in [1.29, 1.82) is 5.26 Å². The molecule has 1 aromatic heterocycles. The maximum absolute atomic E-state index is 15.1. The average Bonchev–Trinajstić information content (AvgIpc) is 3.08. The molecule has 188 valence electrons. The maximum Gasteiger partial charge on any atom is 0.339 e. The van der Waals surface area contributed by atoms with Gasteiger partial charge in [0, 0.05) is 34.6 Å². The molecule has 4 aromatic rings. The van der Waals surface area contributed by atoms with E-state index in [1.54, 1.807) is 42.6 Å². The van der Waals surface area contributed by atoms with E-state index in [1.807, 2.05) is 0 Å². The van der Waals surface area contributed by atoms with Gasteiger partial charge in [0.1, 0.15) is 22.9 Å². The summed E-state index contributed by atoms with van der Waals surface area (Å²) in [6.07, 6.45) is 1.63. The zero-order chi connectivity index (χ0) is 26.8. The number of hydrogen-bond donors (Lipinski definition) is 2. The number of aromatic carboxylic acids is 1. The quantitative estimate of drug-likeness (QED) is 0.373. The Bertz CT molecular complexity index is 1660. The van der Waals surface area contributed by atoms with Gasteiger partial charge >= 0.3 is 5.97 Å². The number of halogens is 1. The summed E-state index contributed by atoms with van der Waals surface area (Å²) in [4.78, 5) is 25.2. The number of benzene rings is 3. The molecule has 0 aliphatic carbocycles. The number of aromatic nitrogens is 2. The molecule has 38 heavy (non-hydrogen) atoms. The van der Waals surface area contributed by atoms with Crippen LogP contribution in [0.2, 0.25) is 0 Å². The smallest absolute Gasteiger partial charge is 0.339 e. The summed E-state index contributed by atoms with van der Waals surface area (Å²) in [7, 11) is 2.84. The Balaban J connectivity index is 1.62. The number of anilines is 2. The summed E-state index contributed by atoms with van der Waals surface area (Å²) in [6, 6.07) is 16.3. The van der Waals surface area contributed by atoms with Crippen LogP contribution in [0.4, 0.5) is 16.0 Å². The first kappa shape index (κ1) is 24.4. The Hall–Kier alpha value is -5.30. The fraction of sp³-hybridized carbons (Fsp3) is 0.107.